The number of carbonyl (C=O) groups excluding carboxylic acids is 1. The molecule has 2 amide bonds. The number of benzene rings is 1. The number of hydrogen-bond donors (Lipinski definition) is 2. The number of nitrogens with zero attached hydrogens (tertiary/aromatic N) is 1. The number of amides is 2. The zero-order valence-corrected chi connectivity index (χ0v) is 16.5. The van der Waals surface area contributed by atoms with Crippen LogP contribution in [-0.2, 0) is 0 Å². The van der Waals surface area contributed by atoms with Gasteiger partial charge in [0, 0.05) is 28.8 Å². The minimum atomic E-state index is -0.651. The van der Waals surface area contributed by atoms with Crippen LogP contribution in [0.15, 0.2) is 18.2 Å². The number of aliphatic hydroxyl groups is 1. The molecule has 4 nitrogen and oxygen atoms in total. The van der Waals surface area contributed by atoms with Crippen LogP contribution in [0.4, 0.5) is 10.5 Å². The Morgan fingerprint density at radius 1 is 1.16 bits per heavy atom. The molecule has 0 spiro atoms. The Balaban J connectivity index is 1.95. The standard InChI is InChI=1S/C19H28Cl2N2O2/c1-3-5-14(6-4-2)19(25)7-9-23(10-8-19)18(24)22-17-12-15(20)11-16(21)13-17/h11-14,25H,3-10H2,1-2H3,(H,22,24). The number of piperidine rings is 1. The maximum atomic E-state index is 12.5. The Kier molecular flexibility index (Phi) is 7.41. The van der Waals surface area contributed by atoms with Crippen molar-refractivity contribution in [1.82, 2.24) is 4.90 Å². The molecule has 1 aromatic carbocycles. The summed E-state index contributed by atoms with van der Waals surface area (Å²) in [5, 5.41) is 14.9. The van der Waals surface area contributed by atoms with Gasteiger partial charge < -0.3 is 15.3 Å². The van der Waals surface area contributed by atoms with E-state index in [-0.39, 0.29) is 6.03 Å². The number of hydrogen-bond acceptors (Lipinski definition) is 2. The van der Waals surface area contributed by atoms with Gasteiger partial charge in [0.1, 0.15) is 0 Å². The molecule has 1 aliphatic heterocycles. The first-order chi connectivity index (χ1) is 11.9. The average molecular weight is 387 g/mol. The van der Waals surface area contributed by atoms with Crippen LogP contribution in [0, 0.1) is 5.92 Å². The lowest BCUT2D eigenvalue weighted by Crippen LogP contribution is -2.51. The maximum Gasteiger partial charge on any atom is 0.321 e. The zero-order chi connectivity index (χ0) is 18.4. The lowest BCUT2D eigenvalue weighted by atomic mass is 9.75. The van der Waals surface area contributed by atoms with Gasteiger partial charge in [0.15, 0.2) is 0 Å². The van der Waals surface area contributed by atoms with Crippen molar-refractivity contribution < 1.29 is 9.90 Å². The maximum absolute atomic E-state index is 12.5. The molecular formula is C19H28Cl2N2O2. The van der Waals surface area contributed by atoms with Gasteiger partial charge in [0.25, 0.3) is 0 Å². The first-order valence-corrected chi connectivity index (χ1v) is 9.88. The van der Waals surface area contributed by atoms with Gasteiger partial charge >= 0.3 is 6.03 Å². The molecule has 2 N–H and O–H groups in total. The van der Waals surface area contributed by atoms with Crippen LogP contribution in [0.5, 0.6) is 0 Å². The summed E-state index contributed by atoms with van der Waals surface area (Å²) in [5.41, 5.74) is -0.0690. The van der Waals surface area contributed by atoms with Crippen molar-refractivity contribution in [3.05, 3.63) is 28.2 Å². The van der Waals surface area contributed by atoms with E-state index in [0.29, 0.717) is 47.6 Å². The molecule has 0 unspecified atom stereocenters. The molecule has 1 aliphatic rings. The van der Waals surface area contributed by atoms with Crippen molar-refractivity contribution in [1.29, 1.82) is 0 Å². The predicted octanol–water partition coefficient (Wildman–Crippen LogP) is 5.57. The molecule has 0 bridgehead atoms. The Morgan fingerprint density at radius 2 is 1.68 bits per heavy atom. The molecular weight excluding hydrogens is 359 g/mol. The monoisotopic (exact) mass is 386 g/mol. The van der Waals surface area contributed by atoms with Gasteiger partial charge in [0.2, 0.25) is 0 Å². The van der Waals surface area contributed by atoms with Crippen molar-refractivity contribution in [2.75, 3.05) is 18.4 Å². The van der Waals surface area contributed by atoms with Gasteiger partial charge in [-0.1, -0.05) is 49.9 Å². The molecule has 1 fully saturated rings. The Hall–Kier alpha value is -0.970. The average Bonchev–Trinajstić information content (AvgIpc) is 2.54. The first kappa shape index (κ1) is 20.3. The number of rotatable bonds is 6. The van der Waals surface area contributed by atoms with Crippen LogP contribution in [0.3, 0.4) is 0 Å². The summed E-state index contributed by atoms with van der Waals surface area (Å²) in [6.45, 7) is 5.43. The number of nitrogens with one attached hydrogen (secondary N) is 1. The molecule has 1 aromatic rings. The molecule has 0 aliphatic carbocycles. The van der Waals surface area contributed by atoms with E-state index < -0.39 is 5.60 Å². The second-order valence-electron chi connectivity index (χ2n) is 6.95. The lowest BCUT2D eigenvalue weighted by Gasteiger charge is -2.43. The number of likely N-dealkylation sites (tertiary alicyclic amines) is 1. The largest absolute Gasteiger partial charge is 0.389 e. The molecule has 0 aromatic heterocycles. The van der Waals surface area contributed by atoms with Gasteiger partial charge in [0.05, 0.1) is 5.60 Å². The fourth-order valence-electron chi connectivity index (χ4n) is 3.71. The van der Waals surface area contributed by atoms with Gasteiger partial charge in [-0.15, -0.1) is 0 Å². The summed E-state index contributed by atoms with van der Waals surface area (Å²) in [4.78, 5) is 14.2. The van der Waals surface area contributed by atoms with E-state index >= 15 is 0 Å². The van der Waals surface area contributed by atoms with E-state index in [1.165, 1.54) is 0 Å². The zero-order valence-electron chi connectivity index (χ0n) is 15.0. The number of anilines is 1. The smallest absolute Gasteiger partial charge is 0.321 e. The van der Waals surface area contributed by atoms with Gasteiger partial charge in [-0.05, 0) is 49.8 Å². The fourth-order valence-corrected chi connectivity index (χ4v) is 4.24. The molecule has 0 atom stereocenters. The minimum Gasteiger partial charge on any atom is -0.389 e. The van der Waals surface area contributed by atoms with Crippen molar-refractivity contribution in [2.24, 2.45) is 5.92 Å². The third kappa shape index (κ3) is 5.50. The molecule has 1 saturated heterocycles. The van der Waals surface area contributed by atoms with Crippen LogP contribution in [0.2, 0.25) is 10.0 Å². The molecule has 1 heterocycles. The topological polar surface area (TPSA) is 52.6 Å². The highest BCUT2D eigenvalue weighted by molar-refractivity contribution is 6.35. The summed E-state index contributed by atoms with van der Waals surface area (Å²) in [6, 6.07) is 4.79. The minimum absolute atomic E-state index is 0.178. The van der Waals surface area contributed by atoms with Crippen LogP contribution in [0.25, 0.3) is 0 Å². The number of urea groups is 1. The van der Waals surface area contributed by atoms with Crippen LogP contribution in [0.1, 0.15) is 52.4 Å². The van der Waals surface area contributed by atoms with Crippen LogP contribution < -0.4 is 5.32 Å². The fraction of sp³-hybridized carbons (Fsp3) is 0.632. The Bertz CT molecular complexity index is 561. The predicted molar refractivity (Wildman–Crippen MR) is 105 cm³/mol. The first-order valence-electron chi connectivity index (χ1n) is 9.12. The SMILES string of the molecule is CCCC(CCC)C1(O)CCN(C(=O)Nc2cc(Cl)cc(Cl)c2)CC1. The summed E-state index contributed by atoms with van der Waals surface area (Å²) < 4.78 is 0. The van der Waals surface area contributed by atoms with Crippen molar-refractivity contribution in [2.45, 2.75) is 58.0 Å². The van der Waals surface area contributed by atoms with E-state index in [9.17, 15) is 9.90 Å². The van der Waals surface area contributed by atoms with Crippen LogP contribution >= 0.6 is 23.2 Å². The van der Waals surface area contributed by atoms with Gasteiger partial charge in [-0.25, -0.2) is 4.79 Å². The van der Waals surface area contributed by atoms with Crippen molar-refractivity contribution in [3.8, 4) is 0 Å². The third-order valence-electron chi connectivity index (χ3n) is 5.06. The molecule has 25 heavy (non-hydrogen) atoms. The normalized spacial score (nSPS) is 17.0. The highest BCUT2D eigenvalue weighted by atomic mass is 35.5. The number of halogens is 2. The molecule has 2 rings (SSSR count). The van der Waals surface area contributed by atoms with E-state index in [4.69, 9.17) is 23.2 Å². The third-order valence-corrected chi connectivity index (χ3v) is 5.50. The van der Waals surface area contributed by atoms with E-state index in [1.54, 1.807) is 23.1 Å². The second-order valence-corrected chi connectivity index (χ2v) is 7.83. The molecule has 0 radical (unpaired) electrons. The quantitative estimate of drug-likeness (QED) is 0.671. The van der Waals surface area contributed by atoms with Crippen LogP contribution in [-0.4, -0.2) is 34.7 Å². The Morgan fingerprint density at radius 3 is 2.16 bits per heavy atom. The summed E-state index contributed by atoms with van der Waals surface area (Å²) in [7, 11) is 0. The highest BCUT2D eigenvalue weighted by Crippen LogP contribution is 2.36. The molecule has 0 saturated carbocycles. The summed E-state index contributed by atoms with van der Waals surface area (Å²) in [5.74, 6) is 0.319. The summed E-state index contributed by atoms with van der Waals surface area (Å²) >= 11 is 11.9. The number of carbonyl (C=O) groups is 1. The molecule has 6 heteroatoms. The summed E-state index contributed by atoms with van der Waals surface area (Å²) in [6.07, 6.45) is 5.48. The Labute approximate surface area is 160 Å². The lowest BCUT2D eigenvalue weighted by molar-refractivity contribution is -0.0651. The van der Waals surface area contributed by atoms with Gasteiger partial charge in [-0.3, -0.25) is 0 Å². The van der Waals surface area contributed by atoms with E-state index in [0.717, 1.165) is 25.7 Å². The molecule has 140 valence electrons. The van der Waals surface area contributed by atoms with Crippen molar-refractivity contribution >= 4 is 34.9 Å². The van der Waals surface area contributed by atoms with E-state index in [1.807, 2.05) is 0 Å². The second kappa shape index (κ2) is 9.11. The van der Waals surface area contributed by atoms with Crippen molar-refractivity contribution in [3.63, 3.8) is 0 Å². The van der Waals surface area contributed by atoms with Gasteiger partial charge in [-0.2, -0.15) is 0 Å². The highest BCUT2D eigenvalue weighted by Gasteiger charge is 2.39. The van der Waals surface area contributed by atoms with E-state index in [2.05, 4.69) is 19.2 Å².